The maximum Gasteiger partial charge on any atom is 0.234 e. The molecule has 2 N–H and O–H groups in total. The minimum absolute atomic E-state index is 0.0857. The van der Waals surface area contributed by atoms with Crippen LogP contribution >= 0.6 is 0 Å². The fourth-order valence-corrected chi connectivity index (χ4v) is 1.09. The minimum Gasteiger partial charge on any atom is -0.353 e. The summed E-state index contributed by atoms with van der Waals surface area (Å²) in [5.74, 6) is 2.06. The van der Waals surface area contributed by atoms with Crippen molar-refractivity contribution in [3.05, 3.63) is 0 Å². The van der Waals surface area contributed by atoms with Crippen molar-refractivity contribution in [3.63, 3.8) is 0 Å². The summed E-state index contributed by atoms with van der Waals surface area (Å²) in [4.78, 5) is 11.3. The van der Waals surface area contributed by atoms with E-state index >= 15 is 0 Å². The molecule has 1 amide bonds. The Morgan fingerprint density at radius 3 is 2.44 bits per heavy atom. The smallest absolute Gasteiger partial charge is 0.234 e. The predicted molar refractivity (Wildman–Crippen MR) is 63.6 cm³/mol. The molecule has 0 fully saturated rings. The standard InChI is InChI=1S/C10H18N2O3S/c1-5-6-11-7-9(13)12-8-10(2,3)16(4,14)15/h1,11H,6-8H2,2-4H3,(H,12,13). The highest BCUT2D eigenvalue weighted by Gasteiger charge is 2.30. The molecule has 16 heavy (non-hydrogen) atoms. The van der Waals surface area contributed by atoms with Crippen molar-refractivity contribution in [2.24, 2.45) is 0 Å². The zero-order chi connectivity index (χ0) is 12.8. The van der Waals surface area contributed by atoms with Crippen molar-refractivity contribution in [2.45, 2.75) is 18.6 Å². The average Bonchev–Trinajstić information content (AvgIpc) is 2.13. The van der Waals surface area contributed by atoms with E-state index in [1.54, 1.807) is 13.8 Å². The van der Waals surface area contributed by atoms with Crippen molar-refractivity contribution >= 4 is 15.7 Å². The first-order chi connectivity index (χ1) is 7.20. The van der Waals surface area contributed by atoms with Crippen LogP contribution in [0.1, 0.15) is 13.8 Å². The lowest BCUT2D eigenvalue weighted by atomic mass is 10.2. The molecule has 0 atom stereocenters. The fourth-order valence-electron chi connectivity index (χ4n) is 0.753. The normalized spacial score (nSPS) is 11.9. The van der Waals surface area contributed by atoms with E-state index in [0.717, 1.165) is 6.26 Å². The number of sulfone groups is 1. The Hall–Kier alpha value is -1.06. The molecule has 92 valence electrons. The molecule has 0 bridgehead atoms. The fraction of sp³-hybridized carbons (Fsp3) is 0.700. The lowest BCUT2D eigenvalue weighted by Gasteiger charge is -2.22. The van der Waals surface area contributed by atoms with E-state index in [1.165, 1.54) is 0 Å². The Bertz CT molecular complexity index is 379. The van der Waals surface area contributed by atoms with Crippen LogP contribution in [0.15, 0.2) is 0 Å². The summed E-state index contributed by atoms with van der Waals surface area (Å²) in [6.07, 6.45) is 6.14. The third-order valence-electron chi connectivity index (χ3n) is 2.23. The first-order valence-corrected chi connectivity index (χ1v) is 6.70. The van der Waals surface area contributed by atoms with Gasteiger partial charge in [-0.2, -0.15) is 0 Å². The molecule has 0 aliphatic carbocycles. The quantitative estimate of drug-likeness (QED) is 0.473. The molecule has 5 nitrogen and oxygen atoms in total. The van der Waals surface area contributed by atoms with Gasteiger partial charge in [0.1, 0.15) is 0 Å². The van der Waals surface area contributed by atoms with E-state index in [4.69, 9.17) is 6.42 Å². The summed E-state index contributed by atoms with van der Waals surface area (Å²) in [7, 11) is -3.19. The largest absolute Gasteiger partial charge is 0.353 e. The van der Waals surface area contributed by atoms with Crippen LogP contribution in [-0.2, 0) is 14.6 Å². The van der Waals surface area contributed by atoms with Crippen LogP contribution in [0.3, 0.4) is 0 Å². The number of nitrogens with one attached hydrogen (secondary N) is 2. The van der Waals surface area contributed by atoms with Crippen molar-refractivity contribution in [3.8, 4) is 12.3 Å². The second-order valence-corrected chi connectivity index (χ2v) is 6.77. The molecule has 0 rings (SSSR count). The number of hydrogen-bond acceptors (Lipinski definition) is 4. The van der Waals surface area contributed by atoms with Gasteiger partial charge in [-0.05, 0) is 13.8 Å². The molecule has 0 aromatic rings. The van der Waals surface area contributed by atoms with Gasteiger partial charge >= 0.3 is 0 Å². The Labute approximate surface area is 96.9 Å². The average molecular weight is 246 g/mol. The summed E-state index contributed by atoms with van der Waals surface area (Å²) in [5.41, 5.74) is 0. The number of rotatable bonds is 6. The van der Waals surface area contributed by atoms with E-state index in [-0.39, 0.29) is 19.0 Å². The third-order valence-corrected chi connectivity index (χ3v) is 4.38. The SMILES string of the molecule is C#CCNCC(=O)NCC(C)(C)S(C)(=O)=O. The Balaban J connectivity index is 4.07. The van der Waals surface area contributed by atoms with Crippen molar-refractivity contribution in [2.75, 3.05) is 25.9 Å². The maximum absolute atomic E-state index is 11.3. The molecule has 0 saturated carbocycles. The minimum atomic E-state index is -3.19. The second-order valence-electron chi connectivity index (χ2n) is 4.12. The van der Waals surface area contributed by atoms with Gasteiger partial charge in [0.25, 0.3) is 0 Å². The highest BCUT2D eigenvalue weighted by Crippen LogP contribution is 2.12. The van der Waals surface area contributed by atoms with E-state index < -0.39 is 14.6 Å². The zero-order valence-corrected chi connectivity index (χ0v) is 10.6. The Morgan fingerprint density at radius 1 is 1.44 bits per heavy atom. The van der Waals surface area contributed by atoms with E-state index in [0.29, 0.717) is 6.54 Å². The van der Waals surface area contributed by atoms with Gasteiger partial charge in [-0.3, -0.25) is 10.1 Å². The topological polar surface area (TPSA) is 75.3 Å². The van der Waals surface area contributed by atoms with Crippen LogP contribution in [0.5, 0.6) is 0 Å². The summed E-state index contributed by atoms with van der Waals surface area (Å²) >= 11 is 0. The molecule has 0 aliphatic rings. The van der Waals surface area contributed by atoms with Crippen molar-refractivity contribution in [1.82, 2.24) is 10.6 Å². The Kier molecular flexibility index (Phi) is 5.48. The molecule has 0 aromatic carbocycles. The molecule has 0 saturated heterocycles. The Morgan fingerprint density at radius 2 is 2.00 bits per heavy atom. The van der Waals surface area contributed by atoms with Crippen LogP contribution in [0.4, 0.5) is 0 Å². The van der Waals surface area contributed by atoms with Gasteiger partial charge in [-0.15, -0.1) is 6.42 Å². The number of amides is 1. The molecule has 0 spiro atoms. The molecular formula is C10H18N2O3S. The van der Waals surface area contributed by atoms with Crippen LogP contribution in [0.25, 0.3) is 0 Å². The van der Waals surface area contributed by atoms with Crippen LogP contribution < -0.4 is 10.6 Å². The number of hydrogen-bond donors (Lipinski definition) is 2. The van der Waals surface area contributed by atoms with Gasteiger partial charge in [0.05, 0.1) is 17.8 Å². The first kappa shape index (κ1) is 14.9. The summed E-state index contributed by atoms with van der Waals surface area (Å²) < 4.78 is 21.7. The predicted octanol–water partition coefficient (Wildman–Crippen LogP) is -0.851. The van der Waals surface area contributed by atoms with Crippen molar-refractivity contribution in [1.29, 1.82) is 0 Å². The van der Waals surface area contributed by atoms with E-state index in [2.05, 4.69) is 16.6 Å². The monoisotopic (exact) mass is 246 g/mol. The molecule has 0 aliphatic heterocycles. The van der Waals surface area contributed by atoms with Gasteiger partial charge in [0, 0.05) is 12.8 Å². The maximum atomic E-state index is 11.3. The number of carbonyl (C=O) groups is 1. The summed E-state index contributed by atoms with van der Waals surface area (Å²) in [5, 5.41) is 5.25. The van der Waals surface area contributed by atoms with Crippen molar-refractivity contribution < 1.29 is 13.2 Å². The van der Waals surface area contributed by atoms with Crippen LogP contribution in [0, 0.1) is 12.3 Å². The lowest BCUT2D eigenvalue weighted by molar-refractivity contribution is -0.120. The first-order valence-electron chi connectivity index (χ1n) is 4.81. The molecule has 0 unspecified atom stereocenters. The van der Waals surface area contributed by atoms with Gasteiger partial charge < -0.3 is 5.32 Å². The highest BCUT2D eigenvalue weighted by molar-refractivity contribution is 7.92. The number of terminal acetylenes is 1. The van der Waals surface area contributed by atoms with Gasteiger partial charge in [-0.25, -0.2) is 8.42 Å². The van der Waals surface area contributed by atoms with Gasteiger partial charge in [0.2, 0.25) is 5.91 Å². The van der Waals surface area contributed by atoms with E-state index in [9.17, 15) is 13.2 Å². The molecule has 0 heterocycles. The lowest BCUT2D eigenvalue weighted by Crippen LogP contribution is -2.46. The summed E-state index contributed by atoms with van der Waals surface area (Å²) in [6.45, 7) is 3.62. The summed E-state index contributed by atoms with van der Waals surface area (Å²) in [6, 6.07) is 0. The van der Waals surface area contributed by atoms with Crippen LogP contribution in [-0.4, -0.2) is 45.0 Å². The van der Waals surface area contributed by atoms with E-state index in [1.807, 2.05) is 0 Å². The third kappa shape index (κ3) is 5.14. The second kappa shape index (κ2) is 5.87. The molecular weight excluding hydrogens is 228 g/mol. The van der Waals surface area contributed by atoms with Gasteiger partial charge in [0.15, 0.2) is 9.84 Å². The zero-order valence-electron chi connectivity index (χ0n) is 9.83. The highest BCUT2D eigenvalue weighted by atomic mass is 32.2. The number of carbonyl (C=O) groups excluding carboxylic acids is 1. The van der Waals surface area contributed by atoms with Crippen LogP contribution in [0.2, 0.25) is 0 Å². The molecule has 6 heteroatoms. The molecule has 0 radical (unpaired) electrons. The molecule has 0 aromatic heterocycles. The van der Waals surface area contributed by atoms with Gasteiger partial charge in [-0.1, -0.05) is 5.92 Å².